The quantitative estimate of drug-likeness (QED) is 0.889. The molecule has 0 radical (unpaired) electrons. The zero-order valence-electron chi connectivity index (χ0n) is 12.7. The minimum absolute atomic E-state index is 0.136. The summed E-state index contributed by atoms with van der Waals surface area (Å²) < 4.78 is 16.8. The van der Waals surface area contributed by atoms with E-state index >= 15 is 0 Å². The lowest BCUT2D eigenvalue weighted by molar-refractivity contribution is -0.0809. The highest BCUT2D eigenvalue weighted by Gasteiger charge is 2.33. The predicted octanol–water partition coefficient (Wildman–Crippen LogP) is 1.42. The molecule has 2 saturated heterocycles. The first-order valence-electron chi connectivity index (χ1n) is 7.54. The largest absolute Gasteiger partial charge is 0.493 e. The normalized spacial score (nSPS) is 26.6. The Bertz CT molecular complexity index is 490. The van der Waals surface area contributed by atoms with Gasteiger partial charge in [0.05, 0.1) is 20.3 Å². The van der Waals surface area contributed by atoms with Gasteiger partial charge < -0.3 is 19.9 Å². The fourth-order valence-corrected chi connectivity index (χ4v) is 3.17. The monoisotopic (exact) mass is 292 g/mol. The Labute approximate surface area is 126 Å². The lowest BCUT2D eigenvalue weighted by atomic mass is 9.98. The number of nitrogens with two attached hydrogens (primary N) is 1. The molecule has 2 unspecified atom stereocenters. The SMILES string of the molecule is COc1cccc(C2CC(CN)CN2C)c1OC1COC1. The summed E-state index contributed by atoms with van der Waals surface area (Å²) >= 11 is 0. The molecule has 1 aromatic carbocycles. The van der Waals surface area contributed by atoms with Crippen molar-refractivity contribution >= 4 is 0 Å². The smallest absolute Gasteiger partial charge is 0.166 e. The van der Waals surface area contributed by atoms with E-state index in [0.717, 1.165) is 31.0 Å². The number of benzene rings is 1. The predicted molar refractivity (Wildman–Crippen MR) is 80.8 cm³/mol. The molecule has 0 saturated carbocycles. The number of para-hydroxylation sites is 1. The standard InChI is InChI=1S/C16H24N2O3/c1-18-8-11(7-17)6-14(18)13-4-3-5-15(19-2)16(13)21-12-9-20-10-12/h3-5,11-12,14H,6-10,17H2,1-2H3. The number of nitrogens with zero attached hydrogens (tertiary/aromatic N) is 1. The molecule has 0 bridgehead atoms. The molecule has 1 aromatic rings. The highest BCUT2D eigenvalue weighted by molar-refractivity contribution is 5.48. The molecule has 0 amide bonds. The van der Waals surface area contributed by atoms with Gasteiger partial charge in [-0.2, -0.15) is 0 Å². The van der Waals surface area contributed by atoms with Gasteiger partial charge in [0.15, 0.2) is 11.5 Å². The van der Waals surface area contributed by atoms with Crippen LogP contribution in [0.3, 0.4) is 0 Å². The van der Waals surface area contributed by atoms with Gasteiger partial charge in [-0.05, 0) is 32.0 Å². The lowest BCUT2D eigenvalue weighted by Crippen LogP contribution is -2.39. The summed E-state index contributed by atoms with van der Waals surface area (Å²) in [4.78, 5) is 2.36. The Morgan fingerprint density at radius 2 is 2.19 bits per heavy atom. The van der Waals surface area contributed by atoms with Crippen LogP contribution in [0.25, 0.3) is 0 Å². The molecule has 2 fully saturated rings. The second-order valence-electron chi connectivity index (χ2n) is 5.95. The topological polar surface area (TPSA) is 57.0 Å². The third-order valence-electron chi connectivity index (χ3n) is 4.45. The lowest BCUT2D eigenvalue weighted by Gasteiger charge is -2.30. The van der Waals surface area contributed by atoms with Gasteiger partial charge in [-0.1, -0.05) is 12.1 Å². The van der Waals surface area contributed by atoms with Crippen LogP contribution < -0.4 is 15.2 Å². The maximum Gasteiger partial charge on any atom is 0.166 e. The molecule has 21 heavy (non-hydrogen) atoms. The van der Waals surface area contributed by atoms with Gasteiger partial charge in [0.1, 0.15) is 6.10 Å². The summed E-state index contributed by atoms with van der Waals surface area (Å²) in [5.41, 5.74) is 7.04. The number of ether oxygens (including phenoxy) is 3. The summed E-state index contributed by atoms with van der Waals surface area (Å²) in [6, 6.07) is 6.46. The number of methoxy groups -OCH3 is 1. The summed E-state index contributed by atoms with van der Waals surface area (Å²) in [5, 5.41) is 0. The summed E-state index contributed by atoms with van der Waals surface area (Å²) in [5.74, 6) is 2.21. The molecule has 5 nitrogen and oxygen atoms in total. The first-order chi connectivity index (χ1) is 10.2. The average Bonchev–Trinajstić information content (AvgIpc) is 2.83. The van der Waals surface area contributed by atoms with Crippen molar-refractivity contribution in [2.24, 2.45) is 11.7 Å². The van der Waals surface area contributed by atoms with Crippen LogP contribution in [-0.2, 0) is 4.74 Å². The molecular formula is C16H24N2O3. The van der Waals surface area contributed by atoms with Crippen molar-refractivity contribution in [2.45, 2.75) is 18.6 Å². The van der Waals surface area contributed by atoms with Gasteiger partial charge in [0.25, 0.3) is 0 Å². The Balaban J connectivity index is 1.89. The van der Waals surface area contributed by atoms with E-state index in [2.05, 4.69) is 18.0 Å². The fourth-order valence-electron chi connectivity index (χ4n) is 3.17. The van der Waals surface area contributed by atoms with E-state index in [4.69, 9.17) is 19.9 Å². The zero-order valence-corrected chi connectivity index (χ0v) is 12.7. The highest BCUT2D eigenvalue weighted by Crippen LogP contribution is 2.43. The van der Waals surface area contributed by atoms with Crippen LogP contribution in [0.1, 0.15) is 18.0 Å². The second-order valence-corrected chi connectivity index (χ2v) is 5.95. The molecule has 3 rings (SSSR count). The van der Waals surface area contributed by atoms with E-state index < -0.39 is 0 Å². The number of likely N-dealkylation sites (tertiary alicyclic amines) is 1. The molecule has 2 atom stereocenters. The Kier molecular flexibility index (Phi) is 4.33. The van der Waals surface area contributed by atoms with Crippen molar-refractivity contribution in [1.82, 2.24) is 4.90 Å². The van der Waals surface area contributed by atoms with Crippen molar-refractivity contribution in [1.29, 1.82) is 0 Å². The molecule has 2 heterocycles. The summed E-state index contributed by atoms with van der Waals surface area (Å²) in [6.45, 7) is 3.08. The highest BCUT2D eigenvalue weighted by atomic mass is 16.6. The maximum absolute atomic E-state index is 6.13. The number of hydrogen-bond donors (Lipinski definition) is 1. The molecule has 2 N–H and O–H groups in total. The van der Waals surface area contributed by atoms with Crippen molar-refractivity contribution < 1.29 is 14.2 Å². The molecule has 116 valence electrons. The molecular weight excluding hydrogens is 268 g/mol. The third kappa shape index (κ3) is 2.86. The molecule has 0 spiro atoms. The van der Waals surface area contributed by atoms with E-state index in [0.29, 0.717) is 25.2 Å². The van der Waals surface area contributed by atoms with Gasteiger partial charge >= 0.3 is 0 Å². The summed E-state index contributed by atoms with van der Waals surface area (Å²) in [7, 11) is 3.83. The van der Waals surface area contributed by atoms with Gasteiger partial charge in [-0.25, -0.2) is 0 Å². The first kappa shape index (κ1) is 14.6. The Hall–Kier alpha value is -1.30. The van der Waals surface area contributed by atoms with Crippen molar-refractivity contribution in [2.75, 3.05) is 40.5 Å². The van der Waals surface area contributed by atoms with Crippen LogP contribution >= 0.6 is 0 Å². The molecule has 0 aliphatic carbocycles. The van der Waals surface area contributed by atoms with E-state index in [9.17, 15) is 0 Å². The van der Waals surface area contributed by atoms with Crippen LogP contribution in [0, 0.1) is 5.92 Å². The molecule has 2 aliphatic heterocycles. The average molecular weight is 292 g/mol. The minimum Gasteiger partial charge on any atom is -0.493 e. The van der Waals surface area contributed by atoms with E-state index in [-0.39, 0.29) is 6.10 Å². The van der Waals surface area contributed by atoms with E-state index in [1.807, 2.05) is 12.1 Å². The molecule has 0 aromatic heterocycles. The number of hydrogen-bond acceptors (Lipinski definition) is 5. The van der Waals surface area contributed by atoms with Crippen LogP contribution in [-0.4, -0.2) is 51.5 Å². The summed E-state index contributed by atoms with van der Waals surface area (Å²) in [6.07, 6.45) is 1.20. The Morgan fingerprint density at radius 1 is 1.38 bits per heavy atom. The van der Waals surface area contributed by atoms with Crippen molar-refractivity contribution in [3.63, 3.8) is 0 Å². The van der Waals surface area contributed by atoms with Crippen molar-refractivity contribution in [3.05, 3.63) is 23.8 Å². The first-order valence-corrected chi connectivity index (χ1v) is 7.54. The van der Waals surface area contributed by atoms with Crippen LogP contribution in [0.2, 0.25) is 0 Å². The zero-order chi connectivity index (χ0) is 14.8. The Morgan fingerprint density at radius 3 is 2.76 bits per heavy atom. The van der Waals surface area contributed by atoms with Gasteiger partial charge in [0, 0.05) is 18.2 Å². The van der Waals surface area contributed by atoms with Gasteiger partial charge in [0.2, 0.25) is 0 Å². The second kappa shape index (κ2) is 6.22. The van der Waals surface area contributed by atoms with Crippen molar-refractivity contribution in [3.8, 4) is 11.5 Å². The third-order valence-corrected chi connectivity index (χ3v) is 4.45. The van der Waals surface area contributed by atoms with Gasteiger partial charge in [-0.15, -0.1) is 0 Å². The van der Waals surface area contributed by atoms with Crippen LogP contribution in [0.15, 0.2) is 18.2 Å². The molecule has 5 heteroatoms. The minimum atomic E-state index is 0.136. The van der Waals surface area contributed by atoms with Crippen LogP contribution in [0.4, 0.5) is 0 Å². The van der Waals surface area contributed by atoms with Gasteiger partial charge in [-0.3, -0.25) is 4.90 Å². The van der Waals surface area contributed by atoms with E-state index in [1.54, 1.807) is 7.11 Å². The maximum atomic E-state index is 6.13. The fraction of sp³-hybridized carbons (Fsp3) is 0.625. The van der Waals surface area contributed by atoms with Crippen LogP contribution in [0.5, 0.6) is 11.5 Å². The molecule has 2 aliphatic rings. The number of rotatable bonds is 5. The van der Waals surface area contributed by atoms with E-state index in [1.165, 1.54) is 5.56 Å².